The van der Waals surface area contributed by atoms with Gasteiger partial charge in [0, 0.05) is 37.3 Å². The van der Waals surface area contributed by atoms with E-state index >= 15 is 0 Å². The van der Waals surface area contributed by atoms with E-state index < -0.39 is 0 Å². The predicted molar refractivity (Wildman–Crippen MR) is 120 cm³/mol. The first-order valence-electron chi connectivity index (χ1n) is 10.1. The maximum atomic E-state index is 14.2. The summed E-state index contributed by atoms with van der Waals surface area (Å²) >= 11 is 1.59. The molecule has 5 rings (SSSR count). The maximum Gasteiger partial charge on any atom is 0.331 e. The van der Waals surface area contributed by atoms with E-state index in [0.717, 1.165) is 21.0 Å². The summed E-state index contributed by atoms with van der Waals surface area (Å²) < 4.78 is 18.9. The molecule has 1 aliphatic heterocycles. The zero-order valence-electron chi connectivity index (χ0n) is 18.1. The van der Waals surface area contributed by atoms with Crippen LogP contribution in [0.4, 0.5) is 4.39 Å². The summed E-state index contributed by atoms with van der Waals surface area (Å²) in [5, 5.41) is 3.42. The molecule has 3 aromatic heterocycles. The van der Waals surface area contributed by atoms with Gasteiger partial charge in [-0.05, 0) is 24.5 Å². The van der Waals surface area contributed by atoms with Gasteiger partial charge in [0.05, 0.1) is 28.2 Å². The van der Waals surface area contributed by atoms with Crippen molar-refractivity contribution in [2.45, 2.75) is 33.2 Å². The number of hydrogen-bond acceptors (Lipinski definition) is 4. The molecular formula is C23H23FN4O2S. The van der Waals surface area contributed by atoms with Crippen molar-refractivity contribution in [3.8, 4) is 11.3 Å². The normalized spacial score (nSPS) is 17.4. The average Bonchev–Trinajstić information content (AvgIpc) is 3.34. The Bertz CT molecular complexity index is 1490. The lowest BCUT2D eigenvalue weighted by atomic mass is 9.79. The van der Waals surface area contributed by atoms with Crippen LogP contribution in [0.2, 0.25) is 0 Å². The third-order valence-corrected chi connectivity index (χ3v) is 7.33. The van der Waals surface area contributed by atoms with E-state index in [-0.39, 0.29) is 28.4 Å². The molecule has 0 saturated carbocycles. The summed E-state index contributed by atoms with van der Waals surface area (Å²) in [6.45, 7) is 6.93. The molecule has 6 nitrogen and oxygen atoms in total. The van der Waals surface area contributed by atoms with Crippen molar-refractivity contribution in [3.63, 3.8) is 0 Å². The van der Waals surface area contributed by atoms with Gasteiger partial charge in [0.2, 0.25) is 0 Å². The van der Waals surface area contributed by atoms with Crippen molar-refractivity contribution in [3.05, 3.63) is 72.7 Å². The lowest BCUT2D eigenvalue weighted by Crippen LogP contribution is -2.37. The largest absolute Gasteiger partial charge is 0.341 e. The van der Waals surface area contributed by atoms with Crippen LogP contribution in [-0.4, -0.2) is 18.7 Å². The molecule has 0 unspecified atom stereocenters. The van der Waals surface area contributed by atoms with Crippen LogP contribution in [0.25, 0.3) is 22.2 Å². The smallest absolute Gasteiger partial charge is 0.331 e. The zero-order valence-corrected chi connectivity index (χ0v) is 18.9. The molecule has 4 aromatic rings. The highest BCUT2D eigenvalue weighted by molar-refractivity contribution is 7.09. The molecule has 31 heavy (non-hydrogen) atoms. The fourth-order valence-corrected chi connectivity index (χ4v) is 6.07. The van der Waals surface area contributed by atoms with Gasteiger partial charge in [0.1, 0.15) is 10.8 Å². The molecule has 0 spiro atoms. The van der Waals surface area contributed by atoms with E-state index in [9.17, 15) is 14.0 Å². The van der Waals surface area contributed by atoms with Crippen LogP contribution in [-0.2, 0) is 20.6 Å². The van der Waals surface area contributed by atoms with Crippen LogP contribution in [0.15, 0.2) is 39.2 Å². The number of fused-ring (bicyclic) bond motifs is 3. The first kappa shape index (κ1) is 19.9. The highest BCUT2D eigenvalue weighted by Gasteiger charge is 2.46. The highest BCUT2D eigenvalue weighted by atomic mass is 32.1. The molecule has 0 amide bonds. The number of halogens is 1. The standard InChI is InChI=1S/C23H23FN4O2S/c1-12-10-31-20(25-12)16-19-18-15(21(29)27(5)22(30)26(18)4)17(28(19)11-23(16,2)3)13-7-6-8-14(24)9-13/h6-10,16H,11H2,1-5H3/t16-/m1/s1. The molecule has 8 heteroatoms. The Kier molecular flexibility index (Phi) is 4.18. The van der Waals surface area contributed by atoms with E-state index in [1.807, 2.05) is 18.4 Å². The molecule has 0 bridgehead atoms. The molecule has 0 aliphatic carbocycles. The molecule has 1 aromatic carbocycles. The Balaban J connectivity index is 1.99. The Labute approximate surface area is 182 Å². The minimum Gasteiger partial charge on any atom is -0.341 e. The zero-order chi connectivity index (χ0) is 22.2. The highest BCUT2D eigenvalue weighted by Crippen LogP contribution is 2.53. The first-order valence-corrected chi connectivity index (χ1v) is 11.0. The van der Waals surface area contributed by atoms with Crippen LogP contribution in [0.3, 0.4) is 0 Å². The van der Waals surface area contributed by atoms with Gasteiger partial charge in [-0.2, -0.15) is 0 Å². The van der Waals surface area contributed by atoms with Gasteiger partial charge < -0.3 is 4.57 Å². The Hall–Kier alpha value is -3.00. The van der Waals surface area contributed by atoms with E-state index in [4.69, 9.17) is 4.98 Å². The van der Waals surface area contributed by atoms with Gasteiger partial charge >= 0.3 is 5.69 Å². The molecule has 160 valence electrons. The number of aryl methyl sites for hydroxylation is 2. The van der Waals surface area contributed by atoms with Crippen LogP contribution < -0.4 is 11.2 Å². The molecular weight excluding hydrogens is 415 g/mol. The molecule has 1 atom stereocenters. The molecule has 1 aliphatic rings. The monoisotopic (exact) mass is 438 g/mol. The molecule has 0 fully saturated rings. The second kappa shape index (κ2) is 6.50. The second-order valence-corrected chi connectivity index (χ2v) is 9.90. The van der Waals surface area contributed by atoms with Crippen molar-refractivity contribution in [1.29, 1.82) is 0 Å². The van der Waals surface area contributed by atoms with E-state index in [1.54, 1.807) is 29.0 Å². The Morgan fingerprint density at radius 3 is 2.58 bits per heavy atom. The van der Waals surface area contributed by atoms with E-state index in [2.05, 4.69) is 18.4 Å². The van der Waals surface area contributed by atoms with Crippen LogP contribution in [0.5, 0.6) is 0 Å². The number of rotatable bonds is 2. The van der Waals surface area contributed by atoms with E-state index in [1.165, 1.54) is 19.2 Å². The lowest BCUT2D eigenvalue weighted by molar-refractivity contribution is 0.323. The number of nitrogens with zero attached hydrogens (tertiary/aromatic N) is 4. The first-order chi connectivity index (χ1) is 14.6. The summed E-state index contributed by atoms with van der Waals surface area (Å²) in [4.78, 5) is 30.9. The van der Waals surface area contributed by atoms with E-state index in [0.29, 0.717) is 28.7 Å². The summed E-state index contributed by atoms with van der Waals surface area (Å²) in [5.74, 6) is -0.457. The average molecular weight is 439 g/mol. The van der Waals surface area contributed by atoms with Crippen molar-refractivity contribution in [2.75, 3.05) is 0 Å². The SMILES string of the molecule is Cc1csc([C@H]2c3c4c(c(-c5cccc(F)c5)n3CC2(C)C)c(=O)n(C)c(=O)n4C)n1. The Morgan fingerprint density at radius 2 is 1.94 bits per heavy atom. The van der Waals surface area contributed by atoms with Gasteiger partial charge in [-0.15, -0.1) is 11.3 Å². The van der Waals surface area contributed by atoms with Gasteiger partial charge in [0.15, 0.2) is 0 Å². The minimum absolute atomic E-state index is 0.0892. The van der Waals surface area contributed by atoms with Crippen LogP contribution in [0, 0.1) is 18.2 Å². The predicted octanol–water partition coefficient (Wildman–Crippen LogP) is 3.78. The van der Waals surface area contributed by atoms with Gasteiger partial charge in [-0.1, -0.05) is 26.0 Å². The van der Waals surface area contributed by atoms with Gasteiger partial charge in [-0.25, -0.2) is 14.2 Å². The summed E-state index contributed by atoms with van der Waals surface area (Å²) in [6.07, 6.45) is 0. The summed E-state index contributed by atoms with van der Waals surface area (Å²) in [7, 11) is 3.17. The molecule has 4 heterocycles. The number of benzene rings is 1. The van der Waals surface area contributed by atoms with Crippen molar-refractivity contribution in [2.24, 2.45) is 19.5 Å². The third kappa shape index (κ3) is 2.70. The second-order valence-electron chi connectivity index (χ2n) is 9.01. The summed E-state index contributed by atoms with van der Waals surface area (Å²) in [6, 6.07) is 6.28. The Morgan fingerprint density at radius 1 is 1.19 bits per heavy atom. The van der Waals surface area contributed by atoms with Crippen LogP contribution in [0.1, 0.15) is 36.2 Å². The number of aromatic nitrogens is 4. The fraction of sp³-hybridized carbons (Fsp3) is 0.348. The lowest BCUT2D eigenvalue weighted by Gasteiger charge is -2.25. The quantitative estimate of drug-likeness (QED) is 0.479. The third-order valence-electron chi connectivity index (χ3n) is 6.31. The summed E-state index contributed by atoms with van der Waals surface area (Å²) in [5.41, 5.74) is 2.78. The maximum absolute atomic E-state index is 14.2. The van der Waals surface area contributed by atoms with Gasteiger partial charge in [0.25, 0.3) is 5.56 Å². The van der Waals surface area contributed by atoms with Crippen molar-refractivity contribution >= 4 is 22.2 Å². The van der Waals surface area contributed by atoms with Crippen molar-refractivity contribution < 1.29 is 4.39 Å². The van der Waals surface area contributed by atoms with Gasteiger partial charge in [-0.3, -0.25) is 13.9 Å². The molecule has 0 N–H and O–H groups in total. The van der Waals surface area contributed by atoms with Crippen molar-refractivity contribution in [1.82, 2.24) is 18.7 Å². The fourth-order valence-electron chi connectivity index (χ4n) is 4.96. The number of hydrogen-bond donors (Lipinski definition) is 0. The minimum atomic E-state index is -0.379. The van der Waals surface area contributed by atoms with Crippen LogP contribution >= 0.6 is 11.3 Å². The topological polar surface area (TPSA) is 61.8 Å². The molecule has 0 radical (unpaired) electrons. The number of thiazole rings is 1. The molecule has 0 saturated heterocycles.